The quantitative estimate of drug-likeness (QED) is 0.734. The predicted octanol–water partition coefficient (Wildman–Crippen LogP) is 4.02. The molecule has 86 valence electrons. The lowest BCUT2D eigenvalue weighted by Gasteiger charge is -2.03. The molecular weight excluding hydrogens is 239 g/mol. The van der Waals surface area contributed by atoms with E-state index in [0.717, 1.165) is 5.56 Å². The van der Waals surface area contributed by atoms with E-state index in [1.54, 1.807) is 12.1 Å². The van der Waals surface area contributed by atoms with Crippen LogP contribution in [0.1, 0.15) is 21.5 Å². The summed E-state index contributed by atoms with van der Waals surface area (Å²) in [7, 11) is 0. The van der Waals surface area contributed by atoms with Crippen molar-refractivity contribution in [3.05, 3.63) is 70.0 Å². The fourth-order valence-electron chi connectivity index (χ4n) is 1.51. The summed E-state index contributed by atoms with van der Waals surface area (Å²) >= 11 is 5.64. The molecule has 0 saturated carbocycles. The van der Waals surface area contributed by atoms with E-state index in [1.807, 2.05) is 19.1 Å². The Kier molecular flexibility index (Phi) is 3.25. The molecule has 0 amide bonds. The summed E-state index contributed by atoms with van der Waals surface area (Å²) in [5.41, 5.74) is 2.04. The summed E-state index contributed by atoms with van der Waals surface area (Å²) in [4.78, 5) is 12.0. The molecule has 1 nitrogen and oxygen atoms in total. The molecule has 2 aromatic rings. The van der Waals surface area contributed by atoms with Crippen LogP contribution in [0, 0.1) is 12.7 Å². The third kappa shape index (κ3) is 2.53. The van der Waals surface area contributed by atoms with Crippen molar-refractivity contribution in [2.75, 3.05) is 0 Å². The lowest BCUT2D eigenvalue weighted by atomic mass is 10.0. The largest absolute Gasteiger partial charge is 0.289 e. The smallest absolute Gasteiger partial charge is 0.193 e. The van der Waals surface area contributed by atoms with Crippen LogP contribution in [0.4, 0.5) is 4.39 Å². The molecule has 0 saturated heterocycles. The minimum atomic E-state index is -0.521. The fraction of sp³-hybridized carbons (Fsp3) is 0.0714. The van der Waals surface area contributed by atoms with E-state index >= 15 is 0 Å². The van der Waals surface area contributed by atoms with Crippen LogP contribution in [0.5, 0.6) is 0 Å². The first-order chi connectivity index (χ1) is 8.08. The van der Waals surface area contributed by atoms with Gasteiger partial charge in [0.1, 0.15) is 5.82 Å². The Balaban J connectivity index is 2.37. The highest BCUT2D eigenvalue weighted by atomic mass is 35.5. The number of ketones is 1. The number of carbonyl (C=O) groups excluding carboxylic acids is 1. The van der Waals surface area contributed by atoms with Crippen molar-refractivity contribution in [1.29, 1.82) is 0 Å². The van der Waals surface area contributed by atoms with Crippen LogP contribution < -0.4 is 0 Å². The third-order valence-corrected chi connectivity index (χ3v) is 2.79. The van der Waals surface area contributed by atoms with Gasteiger partial charge in [-0.15, -0.1) is 0 Å². The normalized spacial score (nSPS) is 10.3. The molecule has 0 unspecified atom stereocenters. The van der Waals surface area contributed by atoms with Gasteiger partial charge in [-0.05, 0) is 25.1 Å². The Morgan fingerprint density at radius 1 is 1.06 bits per heavy atom. The van der Waals surface area contributed by atoms with E-state index in [-0.39, 0.29) is 10.8 Å². The van der Waals surface area contributed by atoms with Crippen molar-refractivity contribution >= 4 is 17.4 Å². The molecule has 17 heavy (non-hydrogen) atoms. The third-order valence-electron chi connectivity index (χ3n) is 2.50. The number of benzene rings is 2. The van der Waals surface area contributed by atoms with Crippen molar-refractivity contribution in [3.8, 4) is 0 Å². The van der Waals surface area contributed by atoms with Crippen molar-refractivity contribution in [2.24, 2.45) is 0 Å². The van der Waals surface area contributed by atoms with Gasteiger partial charge in [-0.25, -0.2) is 4.39 Å². The predicted molar refractivity (Wildman–Crippen MR) is 66.0 cm³/mol. The summed E-state index contributed by atoms with van der Waals surface area (Å²) in [6, 6.07) is 11.2. The van der Waals surface area contributed by atoms with Crippen LogP contribution in [-0.4, -0.2) is 5.78 Å². The monoisotopic (exact) mass is 248 g/mol. The molecule has 3 heteroatoms. The number of halogens is 2. The first-order valence-corrected chi connectivity index (χ1v) is 5.52. The van der Waals surface area contributed by atoms with Crippen LogP contribution in [0.15, 0.2) is 42.5 Å². The second-order valence-corrected chi connectivity index (χ2v) is 4.23. The van der Waals surface area contributed by atoms with E-state index in [2.05, 4.69) is 0 Å². The zero-order chi connectivity index (χ0) is 12.4. The fourth-order valence-corrected chi connectivity index (χ4v) is 1.69. The minimum Gasteiger partial charge on any atom is -0.289 e. The molecule has 0 aromatic heterocycles. The highest BCUT2D eigenvalue weighted by molar-refractivity contribution is 6.31. The molecule has 0 bridgehead atoms. The average molecular weight is 249 g/mol. The summed E-state index contributed by atoms with van der Waals surface area (Å²) < 4.78 is 13.0. The van der Waals surface area contributed by atoms with Gasteiger partial charge >= 0.3 is 0 Å². The summed E-state index contributed by atoms with van der Waals surface area (Å²) in [6.07, 6.45) is 0. The molecule has 0 radical (unpaired) electrons. The van der Waals surface area contributed by atoms with Crippen LogP contribution in [-0.2, 0) is 0 Å². The van der Waals surface area contributed by atoms with Gasteiger partial charge in [0.25, 0.3) is 0 Å². The van der Waals surface area contributed by atoms with Gasteiger partial charge in [-0.3, -0.25) is 4.79 Å². The van der Waals surface area contributed by atoms with Gasteiger partial charge in [0.05, 0.1) is 5.02 Å². The van der Waals surface area contributed by atoms with Gasteiger partial charge in [-0.1, -0.05) is 41.4 Å². The maximum atomic E-state index is 13.0. The highest BCUT2D eigenvalue weighted by Crippen LogP contribution is 2.18. The maximum Gasteiger partial charge on any atom is 0.193 e. The molecule has 2 aromatic carbocycles. The number of hydrogen-bond donors (Lipinski definition) is 0. The van der Waals surface area contributed by atoms with Gasteiger partial charge in [0.15, 0.2) is 5.78 Å². The molecule has 0 heterocycles. The van der Waals surface area contributed by atoms with Gasteiger partial charge in [-0.2, -0.15) is 0 Å². The van der Waals surface area contributed by atoms with Crippen LogP contribution in [0.2, 0.25) is 5.02 Å². The Labute approximate surface area is 104 Å². The zero-order valence-corrected chi connectivity index (χ0v) is 9.96. The lowest BCUT2D eigenvalue weighted by Crippen LogP contribution is -2.01. The topological polar surface area (TPSA) is 17.1 Å². The number of carbonyl (C=O) groups is 1. The van der Waals surface area contributed by atoms with Crippen LogP contribution in [0.25, 0.3) is 0 Å². The van der Waals surface area contributed by atoms with Crippen molar-refractivity contribution in [3.63, 3.8) is 0 Å². The molecule has 0 fully saturated rings. The Morgan fingerprint density at radius 3 is 2.24 bits per heavy atom. The van der Waals surface area contributed by atoms with E-state index < -0.39 is 5.82 Å². The summed E-state index contributed by atoms with van der Waals surface area (Å²) in [5.74, 6) is -0.681. The van der Waals surface area contributed by atoms with Crippen molar-refractivity contribution in [1.82, 2.24) is 0 Å². The van der Waals surface area contributed by atoms with Crippen LogP contribution >= 0.6 is 11.6 Å². The van der Waals surface area contributed by atoms with Gasteiger partial charge in [0.2, 0.25) is 0 Å². The SMILES string of the molecule is Cc1ccc(C(=O)c2ccc(F)c(Cl)c2)cc1. The highest BCUT2D eigenvalue weighted by Gasteiger charge is 2.10. The first-order valence-electron chi connectivity index (χ1n) is 5.14. The molecule has 0 atom stereocenters. The Hall–Kier alpha value is -1.67. The van der Waals surface area contributed by atoms with E-state index in [1.165, 1.54) is 18.2 Å². The Bertz CT molecular complexity index is 561. The molecule has 0 spiro atoms. The van der Waals surface area contributed by atoms with Crippen LogP contribution in [0.3, 0.4) is 0 Å². The molecule has 2 rings (SSSR count). The molecular formula is C14H10ClFO. The first kappa shape index (κ1) is 11.8. The number of hydrogen-bond acceptors (Lipinski definition) is 1. The number of aryl methyl sites for hydroxylation is 1. The van der Waals surface area contributed by atoms with E-state index in [0.29, 0.717) is 11.1 Å². The molecule has 0 aliphatic rings. The molecule has 0 N–H and O–H groups in total. The molecule has 0 aliphatic heterocycles. The second kappa shape index (κ2) is 4.68. The Morgan fingerprint density at radius 2 is 1.65 bits per heavy atom. The van der Waals surface area contributed by atoms with E-state index in [9.17, 15) is 9.18 Å². The maximum absolute atomic E-state index is 13.0. The lowest BCUT2D eigenvalue weighted by molar-refractivity contribution is 0.103. The zero-order valence-electron chi connectivity index (χ0n) is 9.21. The second-order valence-electron chi connectivity index (χ2n) is 3.82. The van der Waals surface area contributed by atoms with Gasteiger partial charge < -0.3 is 0 Å². The van der Waals surface area contributed by atoms with Gasteiger partial charge in [0, 0.05) is 11.1 Å². The average Bonchev–Trinajstić information content (AvgIpc) is 2.33. The molecule has 0 aliphatic carbocycles. The van der Waals surface area contributed by atoms with Crippen molar-refractivity contribution in [2.45, 2.75) is 6.92 Å². The van der Waals surface area contributed by atoms with Crippen molar-refractivity contribution < 1.29 is 9.18 Å². The number of rotatable bonds is 2. The summed E-state index contributed by atoms with van der Waals surface area (Å²) in [5, 5.41) is -0.0389. The minimum absolute atomic E-state index is 0.0389. The summed E-state index contributed by atoms with van der Waals surface area (Å²) in [6.45, 7) is 1.95. The standard InChI is InChI=1S/C14H10ClFO/c1-9-2-4-10(5-3-9)14(17)11-6-7-13(16)12(15)8-11/h2-8H,1H3. The van der Waals surface area contributed by atoms with E-state index in [4.69, 9.17) is 11.6 Å².